The molecule has 3 amide bonds. The number of halogens is 1. The lowest BCUT2D eigenvalue weighted by Gasteiger charge is -2.24. The highest BCUT2D eigenvalue weighted by Gasteiger charge is 2.30. The second-order valence-electron chi connectivity index (χ2n) is 5.81. The first-order chi connectivity index (χ1) is 12.5. The molecule has 0 fully saturated rings. The molecular formula is C19H23ClN3O3+. The van der Waals surface area contributed by atoms with Gasteiger partial charge in [-0.3, -0.25) is 10.1 Å². The van der Waals surface area contributed by atoms with Crippen molar-refractivity contribution in [1.29, 1.82) is 0 Å². The van der Waals surface area contributed by atoms with Gasteiger partial charge in [0.15, 0.2) is 6.04 Å². The van der Waals surface area contributed by atoms with E-state index in [2.05, 4.69) is 10.6 Å². The monoisotopic (exact) mass is 376 g/mol. The summed E-state index contributed by atoms with van der Waals surface area (Å²) in [6.07, 6.45) is 0. The van der Waals surface area contributed by atoms with Gasteiger partial charge in [-0.25, -0.2) is 4.79 Å². The van der Waals surface area contributed by atoms with E-state index in [0.29, 0.717) is 23.9 Å². The molecule has 0 spiro atoms. The second-order valence-corrected chi connectivity index (χ2v) is 6.25. The van der Waals surface area contributed by atoms with Gasteiger partial charge in [-0.1, -0.05) is 41.9 Å². The van der Waals surface area contributed by atoms with E-state index < -0.39 is 12.1 Å². The Morgan fingerprint density at radius 1 is 1.12 bits per heavy atom. The highest BCUT2D eigenvalue weighted by atomic mass is 35.5. The predicted octanol–water partition coefficient (Wildman–Crippen LogP) is 1.43. The van der Waals surface area contributed by atoms with Crippen molar-refractivity contribution in [3.63, 3.8) is 0 Å². The van der Waals surface area contributed by atoms with Gasteiger partial charge in [0, 0.05) is 17.6 Å². The Kier molecular flexibility index (Phi) is 7.44. The average Bonchev–Trinajstić information content (AvgIpc) is 2.64. The number of imide groups is 1. The zero-order chi connectivity index (χ0) is 18.9. The molecule has 2 rings (SSSR count). The molecule has 0 aliphatic rings. The smallest absolute Gasteiger partial charge is 0.321 e. The van der Waals surface area contributed by atoms with Crippen LogP contribution in [0.4, 0.5) is 4.79 Å². The minimum absolute atomic E-state index is 0.362. The van der Waals surface area contributed by atoms with Crippen molar-refractivity contribution in [3.8, 4) is 5.75 Å². The van der Waals surface area contributed by atoms with Crippen LogP contribution in [-0.4, -0.2) is 39.2 Å². The van der Waals surface area contributed by atoms with E-state index in [-0.39, 0.29) is 5.91 Å². The first kappa shape index (κ1) is 19.8. The third-order valence-electron chi connectivity index (χ3n) is 3.93. The van der Waals surface area contributed by atoms with Crippen molar-refractivity contribution in [3.05, 3.63) is 65.2 Å². The number of carbonyl (C=O) groups excluding carboxylic acids is 2. The fourth-order valence-corrected chi connectivity index (χ4v) is 2.68. The maximum atomic E-state index is 12.6. The molecule has 0 saturated heterocycles. The van der Waals surface area contributed by atoms with E-state index >= 15 is 0 Å². The summed E-state index contributed by atoms with van der Waals surface area (Å²) >= 11 is 5.86. The number of rotatable bonds is 7. The highest BCUT2D eigenvalue weighted by Crippen LogP contribution is 2.15. The molecular weight excluding hydrogens is 354 g/mol. The Labute approximate surface area is 158 Å². The number of hydrogen-bond acceptors (Lipinski definition) is 3. The standard InChI is InChI=1S/C19H22ClN3O3/c1-21-19(25)22-18(24)17(14-6-4-3-5-7-14)23(2)12-13-26-16-10-8-15(20)9-11-16/h3-11,17H,12-13H2,1-2H3,(H2,21,22,24,25)/p+1/t17-/m1/s1. The number of likely N-dealkylation sites (N-methyl/N-ethyl adjacent to an activating group) is 1. The maximum Gasteiger partial charge on any atom is 0.321 e. The summed E-state index contributed by atoms with van der Waals surface area (Å²) in [6, 6.07) is 15.4. The Morgan fingerprint density at radius 3 is 2.38 bits per heavy atom. The maximum absolute atomic E-state index is 12.6. The molecule has 6 nitrogen and oxygen atoms in total. The number of urea groups is 1. The van der Waals surface area contributed by atoms with Crippen molar-refractivity contribution < 1.29 is 19.2 Å². The Hall–Kier alpha value is -2.57. The molecule has 0 aliphatic carbocycles. The number of ether oxygens (including phenoxy) is 1. The molecule has 26 heavy (non-hydrogen) atoms. The first-order valence-corrected chi connectivity index (χ1v) is 8.67. The molecule has 0 aromatic heterocycles. The van der Waals surface area contributed by atoms with E-state index in [9.17, 15) is 9.59 Å². The molecule has 0 saturated carbocycles. The number of nitrogens with one attached hydrogen (secondary N) is 3. The summed E-state index contributed by atoms with van der Waals surface area (Å²) in [7, 11) is 3.36. The van der Waals surface area contributed by atoms with Crippen LogP contribution < -0.4 is 20.3 Å². The van der Waals surface area contributed by atoms with Crippen molar-refractivity contribution >= 4 is 23.5 Å². The summed E-state index contributed by atoms with van der Waals surface area (Å²) in [5, 5.41) is 5.40. The summed E-state index contributed by atoms with van der Waals surface area (Å²) in [4.78, 5) is 25.0. The zero-order valence-corrected chi connectivity index (χ0v) is 15.5. The summed E-state index contributed by atoms with van der Waals surface area (Å²) in [6.45, 7) is 0.993. The Balaban J connectivity index is 2.02. The molecule has 138 valence electrons. The Bertz CT molecular complexity index is 723. The van der Waals surface area contributed by atoms with Gasteiger partial charge in [0.05, 0.1) is 7.05 Å². The average molecular weight is 377 g/mol. The lowest BCUT2D eigenvalue weighted by molar-refractivity contribution is -0.902. The van der Waals surface area contributed by atoms with E-state index in [1.54, 1.807) is 24.3 Å². The van der Waals surface area contributed by atoms with Crippen LogP contribution in [0.2, 0.25) is 5.02 Å². The van der Waals surface area contributed by atoms with Crippen LogP contribution >= 0.6 is 11.6 Å². The lowest BCUT2D eigenvalue weighted by atomic mass is 10.0. The molecule has 2 aromatic rings. The Morgan fingerprint density at radius 2 is 1.77 bits per heavy atom. The first-order valence-electron chi connectivity index (χ1n) is 8.29. The van der Waals surface area contributed by atoms with Crippen molar-refractivity contribution in [2.45, 2.75) is 6.04 Å². The molecule has 0 heterocycles. The molecule has 0 aliphatic heterocycles. The molecule has 7 heteroatoms. The number of benzene rings is 2. The van der Waals surface area contributed by atoms with Gasteiger partial charge < -0.3 is 15.0 Å². The van der Waals surface area contributed by atoms with Crippen molar-refractivity contribution in [2.24, 2.45) is 0 Å². The van der Waals surface area contributed by atoms with Crippen LogP contribution in [0, 0.1) is 0 Å². The summed E-state index contributed by atoms with van der Waals surface area (Å²) in [5.74, 6) is 0.354. The van der Waals surface area contributed by atoms with Crippen molar-refractivity contribution in [2.75, 3.05) is 27.2 Å². The SMILES string of the molecule is CNC(=O)NC(=O)[C@@H](c1ccccc1)[NH+](C)CCOc1ccc(Cl)cc1. The highest BCUT2D eigenvalue weighted by molar-refractivity contribution is 6.30. The van der Waals surface area contributed by atoms with Crippen LogP contribution in [0.1, 0.15) is 11.6 Å². The van der Waals surface area contributed by atoms with Gasteiger partial charge >= 0.3 is 6.03 Å². The second kappa shape index (κ2) is 9.79. The van der Waals surface area contributed by atoms with E-state index in [1.807, 2.05) is 37.4 Å². The molecule has 1 unspecified atom stereocenters. The predicted molar refractivity (Wildman–Crippen MR) is 100 cm³/mol. The van der Waals surface area contributed by atoms with Crippen molar-refractivity contribution in [1.82, 2.24) is 10.6 Å². The summed E-state index contributed by atoms with van der Waals surface area (Å²) in [5.41, 5.74) is 0.831. The van der Waals surface area contributed by atoms with E-state index in [0.717, 1.165) is 10.5 Å². The topological polar surface area (TPSA) is 71.9 Å². The molecule has 2 atom stereocenters. The molecule has 3 N–H and O–H groups in total. The molecule has 0 radical (unpaired) electrons. The fourth-order valence-electron chi connectivity index (χ4n) is 2.56. The third kappa shape index (κ3) is 5.75. The quantitative estimate of drug-likeness (QED) is 0.684. The van der Waals surface area contributed by atoms with Gasteiger partial charge in [0.2, 0.25) is 0 Å². The number of carbonyl (C=O) groups is 2. The van der Waals surface area contributed by atoms with E-state index in [4.69, 9.17) is 16.3 Å². The number of hydrogen-bond donors (Lipinski definition) is 3. The van der Waals surface area contributed by atoms with Crippen LogP contribution in [0.15, 0.2) is 54.6 Å². The zero-order valence-electron chi connectivity index (χ0n) is 14.8. The lowest BCUT2D eigenvalue weighted by Crippen LogP contribution is -3.11. The summed E-state index contributed by atoms with van der Waals surface area (Å²) < 4.78 is 5.71. The fraction of sp³-hybridized carbons (Fsp3) is 0.263. The van der Waals surface area contributed by atoms with Gasteiger partial charge in [0.1, 0.15) is 18.9 Å². The van der Waals surface area contributed by atoms with E-state index in [1.165, 1.54) is 7.05 Å². The minimum atomic E-state index is -0.527. The van der Waals surface area contributed by atoms with Gasteiger partial charge in [0.25, 0.3) is 5.91 Å². The molecule has 2 aromatic carbocycles. The minimum Gasteiger partial charge on any atom is -0.488 e. The van der Waals surface area contributed by atoms with Gasteiger partial charge in [-0.05, 0) is 24.3 Å². The largest absolute Gasteiger partial charge is 0.488 e. The molecule has 0 bridgehead atoms. The normalized spacial score (nSPS) is 12.7. The van der Waals surface area contributed by atoms with Crippen LogP contribution in [-0.2, 0) is 4.79 Å². The number of amides is 3. The number of quaternary nitrogens is 1. The third-order valence-corrected chi connectivity index (χ3v) is 4.18. The van der Waals surface area contributed by atoms with Crippen LogP contribution in [0.3, 0.4) is 0 Å². The van der Waals surface area contributed by atoms with Gasteiger partial charge in [-0.15, -0.1) is 0 Å². The van der Waals surface area contributed by atoms with Gasteiger partial charge in [-0.2, -0.15) is 0 Å². The van der Waals surface area contributed by atoms with Crippen LogP contribution in [0.5, 0.6) is 5.75 Å². The van der Waals surface area contributed by atoms with Crippen LogP contribution in [0.25, 0.3) is 0 Å².